The first-order valence-corrected chi connectivity index (χ1v) is 13.7. The lowest BCUT2D eigenvalue weighted by Crippen LogP contribution is -2.43. The van der Waals surface area contributed by atoms with Crippen LogP contribution >= 0.6 is 0 Å². The second-order valence-electron chi connectivity index (χ2n) is 9.62. The van der Waals surface area contributed by atoms with Crippen LogP contribution in [-0.4, -0.2) is 39.2 Å². The number of alkyl halides is 3. The molecule has 0 bridgehead atoms. The molecule has 1 fully saturated rings. The normalized spacial score (nSPS) is 15.5. The van der Waals surface area contributed by atoms with Crippen molar-refractivity contribution >= 4 is 46.2 Å². The molecule has 1 heterocycles. The number of benzene rings is 3. The van der Waals surface area contributed by atoms with E-state index in [0.29, 0.717) is 32.8 Å². The summed E-state index contributed by atoms with van der Waals surface area (Å²) >= 11 is -1.17. The van der Waals surface area contributed by atoms with Crippen LogP contribution in [0, 0.1) is 11.3 Å². The Kier molecular flexibility index (Phi) is 8.01. The molecule has 41 heavy (non-hydrogen) atoms. The lowest BCUT2D eigenvalue weighted by Gasteiger charge is -2.28. The number of carbonyl (C=O) groups is 3. The molecule has 1 aliphatic heterocycles. The molecule has 13 heteroatoms. The van der Waals surface area contributed by atoms with Gasteiger partial charge in [0.15, 0.2) is 4.90 Å². The fourth-order valence-corrected chi connectivity index (χ4v) is 4.82. The number of rotatable bonds is 6. The van der Waals surface area contributed by atoms with Crippen molar-refractivity contribution in [2.45, 2.75) is 37.0 Å². The minimum Gasteiger partial charge on any atom is -0.612 e. The van der Waals surface area contributed by atoms with Gasteiger partial charge in [0.2, 0.25) is 0 Å². The smallest absolute Gasteiger partial charge is 0.417 e. The van der Waals surface area contributed by atoms with Crippen LogP contribution in [0.3, 0.4) is 0 Å². The molecule has 2 N–H and O–H groups in total. The van der Waals surface area contributed by atoms with Crippen molar-refractivity contribution in [2.75, 3.05) is 21.8 Å². The van der Waals surface area contributed by atoms with Crippen molar-refractivity contribution in [1.82, 2.24) is 4.90 Å². The quantitative estimate of drug-likeness (QED) is 0.284. The maximum atomic E-state index is 13.5. The molecule has 3 aromatic carbocycles. The summed E-state index contributed by atoms with van der Waals surface area (Å²) in [7, 11) is 0. The molecule has 9 nitrogen and oxygen atoms in total. The number of para-hydroxylation sites is 1. The number of nitrogens with zero attached hydrogens (tertiary/aromatic N) is 3. The Morgan fingerprint density at radius 2 is 1.71 bits per heavy atom. The predicted octanol–water partition coefficient (Wildman–Crippen LogP) is 5.71. The lowest BCUT2D eigenvalue weighted by atomic mass is 10.0. The van der Waals surface area contributed by atoms with Crippen molar-refractivity contribution < 1.29 is 32.1 Å². The molecule has 0 radical (unpaired) electrons. The summed E-state index contributed by atoms with van der Waals surface area (Å²) in [5.74, 6) is -0.750. The highest BCUT2D eigenvalue weighted by molar-refractivity contribution is 7.90. The average molecular weight is 584 g/mol. The van der Waals surface area contributed by atoms with E-state index in [4.69, 9.17) is 5.26 Å². The van der Waals surface area contributed by atoms with Crippen LogP contribution in [0.2, 0.25) is 0 Å². The molecular formula is C28H24F3N5O4S. The van der Waals surface area contributed by atoms with Gasteiger partial charge in [0.05, 0.1) is 29.4 Å². The topological polar surface area (TPSA) is 129 Å². The number of anilines is 3. The van der Waals surface area contributed by atoms with Gasteiger partial charge < -0.3 is 20.1 Å². The largest absolute Gasteiger partial charge is 0.612 e. The van der Waals surface area contributed by atoms with E-state index < -0.39 is 52.0 Å². The van der Waals surface area contributed by atoms with Crippen molar-refractivity contribution in [3.05, 3.63) is 83.4 Å². The minimum absolute atomic E-state index is 0.149. The number of halogens is 3. The Labute approximate surface area is 236 Å². The third-order valence-electron chi connectivity index (χ3n) is 6.55. The molecule has 1 atom stereocenters. The van der Waals surface area contributed by atoms with Gasteiger partial charge in [0, 0.05) is 11.4 Å². The predicted molar refractivity (Wildman–Crippen MR) is 147 cm³/mol. The zero-order valence-electron chi connectivity index (χ0n) is 22.1. The summed E-state index contributed by atoms with van der Waals surface area (Å²) in [6, 6.07) is 15.7. The van der Waals surface area contributed by atoms with E-state index in [1.807, 2.05) is 0 Å². The SMILES string of the molecule is C[S+]([O-])c1ccc(NC(=O)Nc2ccccc2CN2C(=O)N(c3ccc(C#N)c(C(F)(F)F)c3)C(=O)C2(C)C)cc1. The average Bonchev–Trinajstić information content (AvgIpc) is 3.08. The fourth-order valence-electron chi connectivity index (χ4n) is 4.30. The molecule has 0 aromatic heterocycles. The van der Waals surface area contributed by atoms with E-state index in [0.717, 1.165) is 12.1 Å². The molecule has 0 spiro atoms. The summed E-state index contributed by atoms with van der Waals surface area (Å²) in [5.41, 5.74) is -2.40. The van der Waals surface area contributed by atoms with Crippen LogP contribution in [0.4, 0.5) is 39.8 Å². The van der Waals surface area contributed by atoms with E-state index in [9.17, 15) is 32.1 Å². The van der Waals surface area contributed by atoms with Gasteiger partial charge in [-0.1, -0.05) is 18.2 Å². The van der Waals surface area contributed by atoms with Crippen LogP contribution in [0.25, 0.3) is 0 Å². The van der Waals surface area contributed by atoms with Crippen LogP contribution < -0.4 is 15.5 Å². The maximum absolute atomic E-state index is 13.5. The van der Waals surface area contributed by atoms with E-state index >= 15 is 0 Å². The third-order valence-corrected chi connectivity index (χ3v) is 7.48. The van der Waals surface area contributed by atoms with Crippen LogP contribution in [0.1, 0.15) is 30.5 Å². The van der Waals surface area contributed by atoms with Crippen LogP contribution in [0.15, 0.2) is 71.6 Å². The molecule has 1 aliphatic rings. The highest BCUT2D eigenvalue weighted by Crippen LogP contribution is 2.38. The number of amides is 5. The van der Waals surface area contributed by atoms with Crippen molar-refractivity contribution in [3.63, 3.8) is 0 Å². The summed E-state index contributed by atoms with van der Waals surface area (Å²) < 4.78 is 52.2. The molecule has 0 aliphatic carbocycles. The number of urea groups is 2. The highest BCUT2D eigenvalue weighted by Gasteiger charge is 2.52. The Morgan fingerprint density at radius 3 is 2.32 bits per heavy atom. The van der Waals surface area contributed by atoms with E-state index in [1.54, 1.807) is 48.5 Å². The van der Waals surface area contributed by atoms with Gasteiger partial charge in [-0.15, -0.1) is 0 Å². The Balaban J connectivity index is 1.57. The van der Waals surface area contributed by atoms with Gasteiger partial charge in [-0.25, -0.2) is 14.5 Å². The van der Waals surface area contributed by atoms with Gasteiger partial charge in [0.25, 0.3) is 5.91 Å². The maximum Gasteiger partial charge on any atom is 0.417 e. The monoisotopic (exact) mass is 583 g/mol. The number of nitrogens with one attached hydrogen (secondary N) is 2. The van der Waals surface area contributed by atoms with Gasteiger partial charge in [-0.3, -0.25) is 4.79 Å². The van der Waals surface area contributed by atoms with E-state index in [1.165, 1.54) is 31.1 Å². The van der Waals surface area contributed by atoms with E-state index in [2.05, 4.69) is 10.6 Å². The van der Waals surface area contributed by atoms with Crippen molar-refractivity contribution in [1.29, 1.82) is 5.26 Å². The first-order valence-electron chi connectivity index (χ1n) is 12.1. The zero-order chi connectivity index (χ0) is 30.1. The second-order valence-corrected chi connectivity index (χ2v) is 11.0. The summed E-state index contributed by atoms with van der Waals surface area (Å²) in [4.78, 5) is 41.9. The van der Waals surface area contributed by atoms with Gasteiger partial charge in [0.1, 0.15) is 11.8 Å². The molecule has 3 aromatic rings. The molecule has 0 saturated carbocycles. The molecule has 1 saturated heterocycles. The number of imide groups is 1. The third kappa shape index (κ3) is 5.98. The number of carbonyl (C=O) groups excluding carboxylic acids is 3. The van der Waals surface area contributed by atoms with Crippen LogP contribution in [-0.2, 0) is 28.7 Å². The zero-order valence-corrected chi connectivity index (χ0v) is 22.9. The summed E-state index contributed by atoms with van der Waals surface area (Å²) in [6.45, 7) is 2.79. The molecule has 212 valence electrons. The Bertz CT molecular complexity index is 1550. The molecular weight excluding hydrogens is 559 g/mol. The number of nitriles is 1. The summed E-state index contributed by atoms with van der Waals surface area (Å²) in [5, 5.41) is 14.4. The minimum atomic E-state index is -4.87. The first-order chi connectivity index (χ1) is 19.2. The van der Waals surface area contributed by atoms with Crippen LogP contribution in [0.5, 0.6) is 0 Å². The summed E-state index contributed by atoms with van der Waals surface area (Å²) in [6.07, 6.45) is -3.33. The van der Waals surface area contributed by atoms with E-state index in [-0.39, 0.29) is 12.2 Å². The molecule has 4 rings (SSSR count). The van der Waals surface area contributed by atoms with Gasteiger partial charge in [-0.2, -0.15) is 18.4 Å². The number of hydrogen-bond acceptors (Lipinski definition) is 5. The van der Waals surface area contributed by atoms with Crippen molar-refractivity contribution in [2.24, 2.45) is 0 Å². The Morgan fingerprint density at radius 1 is 1.05 bits per heavy atom. The number of hydrogen-bond donors (Lipinski definition) is 2. The molecule has 5 amide bonds. The Hall–Kier alpha value is -4.54. The van der Waals surface area contributed by atoms with Gasteiger partial charge >= 0.3 is 18.2 Å². The second kappa shape index (κ2) is 11.1. The standard InChI is InChI=1S/C28H24F3N5O4S/c1-27(2)24(37)36(20-11-8-17(15-32)22(14-20)28(29,30)31)26(39)35(27)16-18-6-4-5-7-23(18)34-25(38)33-19-9-12-21(13-10-19)41(3)40/h4-14H,16H2,1-3H3,(H2,33,34,38). The first kappa shape index (κ1) is 29.4. The van der Waals surface area contributed by atoms with Crippen molar-refractivity contribution in [3.8, 4) is 6.07 Å². The highest BCUT2D eigenvalue weighted by atomic mass is 32.2. The molecule has 1 unspecified atom stereocenters. The lowest BCUT2D eigenvalue weighted by molar-refractivity contribution is -0.137. The fraction of sp³-hybridized carbons (Fsp3) is 0.214. The van der Waals surface area contributed by atoms with Gasteiger partial charge in [-0.05, 0) is 79.1 Å².